The summed E-state index contributed by atoms with van der Waals surface area (Å²) in [5.41, 5.74) is 1.82. The molecule has 2 aromatic carbocycles. The third-order valence-corrected chi connectivity index (χ3v) is 3.95. The molecule has 4 nitrogen and oxygen atoms in total. The first-order valence-corrected chi connectivity index (χ1v) is 7.87. The molecular formula is C16H16INO3. The number of aliphatic hydroxyl groups is 1. The van der Waals surface area contributed by atoms with Gasteiger partial charge in [0.25, 0.3) is 0 Å². The first-order valence-electron chi connectivity index (χ1n) is 6.79. The van der Waals surface area contributed by atoms with E-state index in [9.17, 15) is 5.11 Å². The number of halogens is 1. The van der Waals surface area contributed by atoms with Crippen LogP contribution in [-0.2, 0) is 0 Å². The maximum absolute atomic E-state index is 10.3. The molecule has 0 bridgehead atoms. The number of hydrogen-bond acceptors (Lipinski definition) is 4. The van der Waals surface area contributed by atoms with Crippen molar-refractivity contribution in [1.82, 2.24) is 0 Å². The number of hydrogen-bond donors (Lipinski definition) is 2. The van der Waals surface area contributed by atoms with E-state index in [1.54, 1.807) is 0 Å². The Morgan fingerprint density at radius 2 is 1.90 bits per heavy atom. The zero-order valence-corrected chi connectivity index (χ0v) is 13.5. The van der Waals surface area contributed by atoms with E-state index in [1.807, 2.05) is 42.5 Å². The maximum atomic E-state index is 10.3. The van der Waals surface area contributed by atoms with Crippen LogP contribution in [0.4, 0.5) is 5.69 Å². The zero-order valence-electron chi connectivity index (χ0n) is 11.4. The van der Waals surface area contributed by atoms with E-state index in [2.05, 4.69) is 27.9 Å². The van der Waals surface area contributed by atoms with Crippen molar-refractivity contribution in [3.8, 4) is 11.5 Å². The van der Waals surface area contributed by atoms with Gasteiger partial charge in [0.1, 0.15) is 13.2 Å². The van der Waals surface area contributed by atoms with Crippen LogP contribution in [0.1, 0.15) is 11.7 Å². The molecule has 2 N–H and O–H groups in total. The minimum absolute atomic E-state index is 0.444. The molecule has 0 saturated carbocycles. The van der Waals surface area contributed by atoms with Gasteiger partial charge in [0, 0.05) is 15.8 Å². The van der Waals surface area contributed by atoms with Crippen LogP contribution in [0.15, 0.2) is 42.5 Å². The van der Waals surface area contributed by atoms with Crippen LogP contribution < -0.4 is 14.8 Å². The molecule has 1 atom stereocenters. The van der Waals surface area contributed by atoms with Crippen LogP contribution in [0.5, 0.6) is 11.5 Å². The molecule has 0 amide bonds. The lowest BCUT2D eigenvalue weighted by Gasteiger charge is -2.20. The molecular weight excluding hydrogens is 381 g/mol. The SMILES string of the molecule is OC(CNc1cccc(I)c1)c1ccc2c(c1)OCCO2. The summed E-state index contributed by atoms with van der Waals surface area (Å²) in [7, 11) is 0. The van der Waals surface area contributed by atoms with Gasteiger partial charge in [-0.05, 0) is 58.5 Å². The average Bonchev–Trinajstić information content (AvgIpc) is 2.52. The Morgan fingerprint density at radius 1 is 1.10 bits per heavy atom. The van der Waals surface area contributed by atoms with Crippen molar-refractivity contribution in [3.05, 3.63) is 51.6 Å². The summed E-state index contributed by atoms with van der Waals surface area (Å²) >= 11 is 2.26. The van der Waals surface area contributed by atoms with Gasteiger partial charge in [0.05, 0.1) is 6.10 Å². The maximum Gasteiger partial charge on any atom is 0.161 e. The highest BCUT2D eigenvalue weighted by Gasteiger charge is 2.15. The summed E-state index contributed by atoms with van der Waals surface area (Å²) in [6.07, 6.45) is -0.598. The first kappa shape index (κ1) is 14.5. The monoisotopic (exact) mass is 397 g/mol. The standard InChI is InChI=1S/C16H16INO3/c17-12-2-1-3-13(9-12)18-10-14(19)11-4-5-15-16(8-11)21-7-6-20-15/h1-5,8-9,14,18-19H,6-7,10H2. The number of fused-ring (bicyclic) bond motifs is 1. The van der Waals surface area contributed by atoms with Crippen LogP contribution in [0.2, 0.25) is 0 Å². The summed E-state index contributed by atoms with van der Waals surface area (Å²) in [4.78, 5) is 0. The van der Waals surface area contributed by atoms with Gasteiger partial charge >= 0.3 is 0 Å². The van der Waals surface area contributed by atoms with Crippen molar-refractivity contribution < 1.29 is 14.6 Å². The average molecular weight is 397 g/mol. The second-order valence-electron chi connectivity index (χ2n) is 4.81. The van der Waals surface area contributed by atoms with Crippen molar-refractivity contribution in [2.24, 2.45) is 0 Å². The Bertz CT molecular complexity index is 633. The van der Waals surface area contributed by atoms with E-state index < -0.39 is 6.10 Å². The molecule has 1 aliphatic heterocycles. The normalized spacial score (nSPS) is 14.6. The Balaban J connectivity index is 1.66. The number of rotatable bonds is 4. The van der Waals surface area contributed by atoms with Crippen LogP contribution in [-0.4, -0.2) is 24.9 Å². The molecule has 5 heteroatoms. The minimum atomic E-state index is -0.598. The number of benzene rings is 2. The fourth-order valence-electron chi connectivity index (χ4n) is 2.20. The van der Waals surface area contributed by atoms with Crippen molar-refractivity contribution in [2.75, 3.05) is 25.1 Å². The quantitative estimate of drug-likeness (QED) is 0.779. The molecule has 0 aromatic heterocycles. The molecule has 1 unspecified atom stereocenters. The highest BCUT2D eigenvalue weighted by atomic mass is 127. The molecule has 0 spiro atoms. The molecule has 1 aliphatic rings. The van der Waals surface area contributed by atoms with E-state index in [-0.39, 0.29) is 0 Å². The molecule has 3 rings (SSSR count). The summed E-state index contributed by atoms with van der Waals surface area (Å²) in [5.74, 6) is 1.44. The lowest BCUT2D eigenvalue weighted by molar-refractivity contribution is 0.167. The fraction of sp³-hybridized carbons (Fsp3) is 0.250. The van der Waals surface area contributed by atoms with E-state index in [4.69, 9.17) is 9.47 Å². The number of anilines is 1. The molecule has 21 heavy (non-hydrogen) atoms. The highest BCUT2D eigenvalue weighted by Crippen LogP contribution is 2.32. The van der Waals surface area contributed by atoms with Crippen LogP contribution >= 0.6 is 22.6 Å². The lowest BCUT2D eigenvalue weighted by atomic mass is 10.1. The van der Waals surface area contributed by atoms with Crippen molar-refractivity contribution >= 4 is 28.3 Å². The van der Waals surface area contributed by atoms with Gasteiger partial charge in [-0.3, -0.25) is 0 Å². The van der Waals surface area contributed by atoms with E-state index in [1.165, 1.54) is 0 Å². The Hall–Kier alpha value is -1.47. The van der Waals surface area contributed by atoms with Gasteiger partial charge in [0.2, 0.25) is 0 Å². The molecule has 2 aromatic rings. The molecule has 0 radical (unpaired) electrons. The summed E-state index contributed by atoms with van der Waals surface area (Å²) < 4.78 is 12.2. The van der Waals surface area contributed by atoms with Gasteiger partial charge in [-0.1, -0.05) is 12.1 Å². The summed E-state index contributed by atoms with van der Waals surface area (Å²) in [6, 6.07) is 13.6. The Morgan fingerprint density at radius 3 is 2.71 bits per heavy atom. The predicted octanol–water partition coefficient (Wildman–Crippen LogP) is 3.21. The van der Waals surface area contributed by atoms with Gasteiger partial charge in [-0.25, -0.2) is 0 Å². The highest BCUT2D eigenvalue weighted by molar-refractivity contribution is 14.1. The van der Waals surface area contributed by atoms with Crippen LogP contribution in [0.25, 0.3) is 0 Å². The number of ether oxygens (including phenoxy) is 2. The third kappa shape index (κ3) is 3.59. The fourth-order valence-corrected chi connectivity index (χ4v) is 2.74. The zero-order chi connectivity index (χ0) is 14.7. The van der Waals surface area contributed by atoms with E-state index in [0.717, 1.165) is 20.6 Å². The first-order chi connectivity index (χ1) is 10.2. The van der Waals surface area contributed by atoms with Crippen LogP contribution in [0.3, 0.4) is 0 Å². The molecule has 1 heterocycles. The van der Waals surface area contributed by atoms with Crippen molar-refractivity contribution in [3.63, 3.8) is 0 Å². The van der Waals surface area contributed by atoms with Gasteiger partial charge in [-0.15, -0.1) is 0 Å². The third-order valence-electron chi connectivity index (χ3n) is 3.28. The largest absolute Gasteiger partial charge is 0.486 e. The van der Waals surface area contributed by atoms with Crippen LogP contribution in [0, 0.1) is 3.57 Å². The molecule has 110 valence electrons. The summed E-state index contributed by atoms with van der Waals surface area (Å²) in [6.45, 7) is 1.57. The smallest absolute Gasteiger partial charge is 0.161 e. The van der Waals surface area contributed by atoms with E-state index in [0.29, 0.717) is 25.5 Å². The molecule has 0 aliphatic carbocycles. The van der Waals surface area contributed by atoms with Gasteiger partial charge in [-0.2, -0.15) is 0 Å². The number of aliphatic hydroxyl groups excluding tert-OH is 1. The van der Waals surface area contributed by atoms with E-state index >= 15 is 0 Å². The predicted molar refractivity (Wildman–Crippen MR) is 90.0 cm³/mol. The number of nitrogens with one attached hydrogen (secondary N) is 1. The Kier molecular flexibility index (Phi) is 4.50. The topological polar surface area (TPSA) is 50.7 Å². The van der Waals surface area contributed by atoms with Crippen molar-refractivity contribution in [1.29, 1.82) is 0 Å². The second-order valence-corrected chi connectivity index (χ2v) is 6.06. The lowest BCUT2D eigenvalue weighted by Crippen LogP contribution is -2.16. The molecule has 0 saturated heterocycles. The Labute approximate surface area is 137 Å². The molecule has 0 fully saturated rings. The van der Waals surface area contributed by atoms with Crippen molar-refractivity contribution in [2.45, 2.75) is 6.10 Å². The second kappa shape index (κ2) is 6.53. The van der Waals surface area contributed by atoms with Gasteiger partial charge < -0.3 is 19.9 Å². The van der Waals surface area contributed by atoms with Gasteiger partial charge in [0.15, 0.2) is 11.5 Å². The summed E-state index contributed by atoms with van der Waals surface area (Å²) in [5, 5.41) is 13.5. The minimum Gasteiger partial charge on any atom is -0.486 e.